The fraction of sp³-hybridized carbons (Fsp3) is 0.571. The van der Waals surface area contributed by atoms with Crippen LogP contribution in [-0.4, -0.2) is 54.6 Å². The van der Waals surface area contributed by atoms with Crippen LogP contribution in [0.1, 0.15) is 11.9 Å². The highest BCUT2D eigenvalue weighted by molar-refractivity contribution is 5.16. The quantitative estimate of drug-likeness (QED) is 0.806. The van der Waals surface area contributed by atoms with Crippen molar-refractivity contribution in [2.75, 3.05) is 13.7 Å². The molecule has 20 heavy (non-hydrogen) atoms. The normalized spacial score (nSPS) is 41.1. The van der Waals surface area contributed by atoms with E-state index in [0.717, 1.165) is 5.56 Å². The molecular weight excluding hydrogens is 264 g/mol. The maximum Gasteiger partial charge on any atom is 0.186 e. The average molecular weight is 282 g/mol. The van der Waals surface area contributed by atoms with Crippen LogP contribution in [0.3, 0.4) is 0 Å². The van der Waals surface area contributed by atoms with Crippen LogP contribution in [0.25, 0.3) is 0 Å². The number of aliphatic hydroxyl groups excluding tert-OH is 2. The van der Waals surface area contributed by atoms with Gasteiger partial charge in [0.2, 0.25) is 0 Å². The topological polar surface area (TPSA) is 77.4 Å². The van der Waals surface area contributed by atoms with Crippen molar-refractivity contribution in [3.05, 3.63) is 35.9 Å². The molecule has 0 amide bonds. The van der Waals surface area contributed by atoms with E-state index in [1.807, 2.05) is 30.3 Å². The molecule has 2 aliphatic rings. The number of hydrogen-bond acceptors (Lipinski definition) is 6. The summed E-state index contributed by atoms with van der Waals surface area (Å²) in [4.78, 5) is 0. The number of benzene rings is 1. The summed E-state index contributed by atoms with van der Waals surface area (Å²) in [5.74, 6) is 0. The van der Waals surface area contributed by atoms with Gasteiger partial charge in [-0.2, -0.15) is 0 Å². The van der Waals surface area contributed by atoms with Crippen molar-refractivity contribution in [1.29, 1.82) is 0 Å². The summed E-state index contributed by atoms with van der Waals surface area (Å²) in [6, 6.07) is 9.45. The molecule has 0 saturated carbocycles. The van der Waals surface area contributed by atoms with Crippen molar-refractivity contribution >= 4 is 0 Å². The van der Waals surface area contributed by atoms with Crippen LogP contribution >= 0.6 is 0 Å². The van der Waals surface area contributed by atoms with E-state index in [9.17, 15) is 10.2 Å². The lowest BCUT2D eigenvalue weighted by atomic mass is 9.98. The van der Waals surface area contributed by atoms with E-state index in [4.69, 9.17) is 18.9 Å². The maximum atomic E-state index is 10.1. The lowest BCUT2D eigenvalue weighted by Crippen LogP contribution is -2.62. The van der Waals surface area contributed by atoms with Gasteiger partial charge in [-0.15, -0.1) is 0 Å². The van der Waals surface area contributed by atoms with Crippen LogP contribution < -0.4 is 0 Å². The van der Waals surface area contributed by atoms with Gasteiger partial charge in [-0.05, 0) is 0 Å². The van der Waals surface area contributed by atoms with Crippen molar-refractivity contribution in [2.24, 2.45) is 0 Å². The first-order chi connectivity index (χ1) is 9.70. The van der Waals surface area contributed by atoms with Gasteiger partial charge in [-0.1, -0.05) is 30.3 Å². The monoisotopic (exact) mass is 282 g/mol. The number of ether oxygens (including phenoxy) is 4. The smallest absolute Gasteiger partial charge is 0.186 e. The summed E-state index contributed by atoms with van der Waals surface area (Å²) in [5, 5.41) is 20.1. The molecule has 3 rings (SSSR count). The molecule has 0 bridgehead atoms. The van der Waals surface area contributed by atoms with Crippen LogP contribution in [0, 0.1) is 0 Å². The molecular formula is C14H18O6. The van der Waals surface area contributed by atoms with E-state index in [-0.39, 0.29) is 6.61 Å². The maximum absolute atomic E-state index is 10.1. The first-order valence-corrected chi connectivity index (χ1v) is 6.57. The van der Waals surface area contributed by atoms with Gasteiger partial charge in [0, 0.05) is 12.7 Å². The lowest BCUT2D eigenvalue weighted by Gasteiger charge is -2.45. The third-order valence-corrected chi connectivity index (χ3v) is 3.64. The Morgan fingerprint density at radius 2 is 1.85 bits per heavy atom. The van der Waals surface area contributed by atoms with Gasteiger partial charge in [-0.25, -0.2) is 0 Å². The minimum atomic E-state index is -1.14. The van der Waals surface area contributed by atoms with Crippen LogP contribution in [0.2, 0.25) is 0 Å². The first-order valence-electron chi connectivity index (χ1n) is 6.57. The van der Waals surface area contributed by atoms with Crippen molar-refractivity contribution in [1.82, 2.24) is 0 Å². The van der Waals surface area contributed by atoms with Gasteiger partial charge in [0.1, 0.15) is 24.4 Å². The molecule has 2 saturated heterocycles. The first kappa shape index (κ1) is 13.9. The number of hydrogen-bond donors (Lipinski definition) is 2. The van der Waals surface area contributed by atoms with Gasteiger partial charge in [0.25, 0.3) is 0 Å². The summed E-state index contributed by atoms with van der Waals surface area (Å²) in [6.07, 6.45) is -4.76. The number of rotatable bonds is 2. The summed E-state index contributed by atoms with van der Waals surface area (Å²) < 4.78 is 21.9. The molecule has 6 heteroatoms. The predicted octanol–water partition coefficient (Wildman–Crippen LogP) is 0.194. The Labute approximate surface area is 116 Å². The minimum Gasteiger partial charge on any atom is -0.387 e. The molecule has 1 unspecified atom stereocenters. The van der Waals surface area contributed by atoms with E-state index < -0.39 is 37.0 Å². The van der Waals surface area contributed by atoms with E-state index in [1.54, 1.807) is 0 Å². The van der Waals surface area contributed by atoms with Crippen molar-refractivity contribution in [3.8, 4) is 0 Å². The average Bonchev–Trinajstić information content (AvgIpc) is 2.51. The third-order valence-electron chi connectivity index (χ3n) is 3.64. The number of methoxy groups -OCH3 is 1. The highest BCUT2D eigenvalue weighted by Gasteiger charge is 2.48. The molecule has 1 aromatic carbocycles. The van der Waals surface area contributed by atoms with Crippen molar-refractivity contribution < 1.29 is 29.2 Å². The fourth-order valence-electron chi connectivity index (χ4n) is 2.55. The second-order valence-corrected chi connectivity index (χ2v) is 4.94. The summed E-state index contributed by atoms with van der Waals surface area (Å²) in [5.41, 5.74) is 0.863. The molecule has 2 aliphatic heterocycles. The SMILES string of the molecule is CO[C@H]1O[C@@H]2COC(c3ccccc3)O[C@@H]2[C@@H](O)[C@@H]1O. The van der Waals surface area contributed by atoms with E-state index in [0.29, 0.717) is 0 Å². The highest BCUT2D eigenvalue weighted by Crippen LogP contribution is 2.33. The van der Waals surface area contributed by atoms with E-state index >= 15 is 0 Å². The Bertz CT molecular complexity index is 437. The van der Waals surface area contributed by atoms with Gasteiger partial charge < -0.3 is 29.2 Å². The molecule has 2 N–H and O–H groups in total. The Morgan fingerprint density at radius 3 is 2.55 bits per heavy atom. The van der Waals surface area contributed by atoms with Crippen LogP contribution in [0.4, 0.5) is 0 Å². The molecule has 0 radical (unpaired) electrons. The lowest BCUT2D eigenvalue weighted by molar-refractivity contribution is -0.358. The highest BCUT2D eigenvalue weighted by atomic mass is 16.7. The number of aliphatic hydroxyl groups is 2. The van der Waals surface area contributed by atoms with E-state index in [2.05, 4.69) is 0 Å². The molecule has 0 aromatic heterocycles. The zero-order chi connectivity index (χ0) is 14.1. The van der Waals surface area contributed by atoms with Crippen LogP contribution in [-0.2, 0) is 18.9 Å². The standard InChI is InChI=1S/C14H18O6/c1-17-14-11(16)10(15)12-9(19-14)7-18-13(20-12)8-5-3-2-4-6-8/h2-6,9-16H,7H2,1H3/t9-,10+,11+,12+,13?,14+/m1/s1. The molecule has 2 fully saturated rings. The largest absolute Gasteiger partial charge is 0.387 e. The van der Waals surface area contributed by atoms with Crippen LogP contribution in [0.15, 0.2) is 30.3 Å². The molecule has 0 spiro atoms. The molecule has 2 heterocycles. The van der Waals surface area contributed by atoms with Crippen molar-refractivity contribution in [3.63, 3.8) is 0 Å². The molecule has 110 valence electrons. The Balaban J connectivity index is 1.74. The molecule has 6 atom stereocenters. The summed E-state index contributed by atoms with van der Waals surface area (Å²) in [6.45, 7) is 0.272. The van der Waals surface area contributed by atoms with Gasteiger partial charge >= 0.3 is 0 Å². The minimum absolute atomic E-state index is 0.272. The molecule has 0 aliphatic carbocycles. The van der Waals surface area contributed by atoms with Gasteiger partial charge in [-0.3, -0.25) is 0 Å². The van der Waals surface area contributed by atoms with Crippen molar-refractivity contribution in [2.45, 2.75) is 37.0 Å². The van der Waals surface area contributed by atoms with E-state index in [1.165, 1.54) is 7.11 Å². The summed E-state index contributed by atoms with van der Waals surface area (Å²) in [7, 11) is 1.41. The molecule has 6 nitrogen and oxygen atoms in total. The second-order valence-electron chi connectivity index (χ2n) is 4.94. The number of fused-ring (bicyclic) bond motifs is 1. The molecule has 1 aromatic rings. The fourth-order valence-corrected chi connectivity index (χ4v) is 2.55. The zero-order valence-electron chi connectivity index (χ0n) is 11.1. The Kier molecular flexibility index (Phi) is 4.02. The van der Waals surface area contributed by atoms with Crippen LogP contribution in [0.5, 0.6) is 0 Å². The zero-order valence-corrected chi connectivity index (χ0v) is 11.1. The predicted molar refractivity (Wildman–Crippen MR) is 67.7 cm³/mol. The Morgan fingerprint density at radius 1 is 1.10 bits per heavy atom. The third kappa shape index (κ3) is 2.46. The van der Waals surface area contributed by atoms with Gasteiger partial charge in [0.05, 0.1) is 6.61 Å². The summed E-state index contributed by atoms with van der Waals surface area (Å²) >= 11 is 0. The Hall–Kier alpha value is -1.02. The van der Waals surface area contributed by atoms with Gasteiger partial charge in [0.15, 0.2) is 12.6 Å². The second kappa shape index (κ2) is 5.77.